The number of carbonyl (C=O) groups excluding carboxylic acids is 1. The standard InChI is InChI=1S/C14H18N4O3/c1-9(15)6-7-16-12(19)8-18-13(20)10-4-2-3-5-11(10)17-14(18)21/h2-5,9H,6-8,15H2,1H3,(H,16,19)(H,17,21). The van der Waals surface area contributed by atoms with E-state index in [1.807, 2.05) is 6.92 Å². The molecule has 0 fully saturated rings. The number of carbonyl (C=O) groups is 1. The van der Waals surface area contributed by atoms with E-state index in [4.69, 9.17) is 5.73 Å². The molecule has 1 aromatic carbocycles. The minimum Gasteiger partial charge on any atom is -0.354 e. The van der Waals surface area contributed by atoms with Gasteiger partial charge in [0.1, 0.15) is 6.54 Å². The van der Waals surface area contributed by atoms with Crippen LogP contribution in [0.3, 0.4) is 0 Å². The van der Waals surface area contributed by atoms with Crippen LogP contribution in [0.4, 0.5) is 0 Å². The highest BCUT2D eigenvalue weighted by Gasteiger charge is 2.10. The number of H-pyrrole nitrogens is 1. The van der Waals surface area contributed by atoms with Gasteiger partial charge in [0.15, 0.2) is 0 Å². The molecule has 1 heterocycles. The van der Waals surface area contributed by atoms with E-state index < -0.39 is 17.2 Å². The molecule has 1 amide bonds. The summed E-state index contributed by atoms with van der Waals surface area (Å²) < 4.78 is 0.892. The molecular weight excluding hydrogens is 272 g/mol. The van der Waals surface area contributed by atoms with Crippen molar-refractivity contribution in [1.82, 2.24) is 14.9 Å². The van der Waals surface area contributed by atoms with E-state index >= 15 is 0 Å². The number of para-hydroxylation sites is 1. The summed E-state index contributed by atoms with van der Waals surface area (Å²) in [4.78, 5) is 38.4. The second-order valence-corrected chi connectivity index (χ2v) is 4.98. The predicted octanol–water partition coefficient (Wildman–Crippen LogP) is -0.457. The third-order valence-electron chi connectivity index (χ3n) is 3.11. The van der Waals surface area contributed by atoms with Gasteiger partial charge in [-0.25, -0.2) is 4.79 Å². The molecular formula is C14H18N4O3. The Balaban J connectivity index is 2.21. The number of rotatable bonds is 5. The number of aromatic nitrogens is 2. The molecule has 1 aromatic heterocycles. The highest BCUT2D eigenvalue weighted by atomic mass is 16.2. The summed E-state index contributed by atoms with van der Waals surface area (Å²) in [6.45, 7) is 1.94. The molecule has 7 heteroatoms. The summed E-state index contributed by atoms with van der Waals surface area (Å²) in [5.74, 6) is -0.390. The average Bonchev–Trinajstić information content (AvgIpc) is 2.43. The average molecular weight is 290 g/mol. The fraction of sp³-hybridized carbons (Fsp3) is 0.357. The zero-order valence-electron chi connectivity index (χ0n) is 11.8. The largest absolute Gasteiger partial charge is 0.354 e. The molecule has 112 valence electrons. The van der Waals surface area contributed by atoms with E-state index in [1.165, 1.54) is 0 Å². The van der Waals surface area contributed by atoms with Gasteiger partial charge in [-0.05, 0) is 25.5 Å². The van der Waals surface area contributed by atoms with Crippen molar-refractivity contribution in [2.24, 2.45) is 5.73 Å². The van der Waals surface area contributed by atoms with E-state index in [2.05, 4.69) is 10.3 Å². The second kappa shape index (κ2) is 6.36. The summed E-state index contributed by atoms with van der Waals surface area (Å²) >= 11 is 0. The first kappa shape index (κ1) is 15.0. The van der Waals surface area contributed by atoms with Gasteiger partial charge < -0.3 is 16.0 Å². The van der Waals surface area contributed by atoms with Crippen LogP contribution < -0.4 is 22.3 Å². The number of amides is 1. The maximum atomic E-state index is 12.2. The monoisotopic (exact) mass is 290 g/mol. The molecule has 2 aromatic rings. The third kappa shape index (κ3) is 3.57. The van der Waals surface area contributed by atoms with Crippen molar-refractivity contribution in [2.45, 2.75) is 25.9 Å². The maximum Gasteiger partial charge on any atom is 0.329 e. The van der Waals surface area contributed by atoms with Crippen molar-refractivity contribution >= 4 is 16.8 Å². The van der Waals surface area contributed by atoms with E-state index in [1.54, 1.807) is 24.3 Å². The molecule has 0 aliphatic rings. The predicted molar refractivity (Wildman–Crippen MR) is 80.1 cm³/mol. The van der Waals surface area contributed by atoms with E-state index in [0.29, 0.717) is 23.9 Å². The first-order chi connectivity index (χ1) is 9.99. The van der Waals surface area contributed by atoms with Crippen LogP contribution in [0, 0.1) is 0 Å². The molecule has 0 spiro atoms. The molecule has 0 radical (unpaired) electrons. The molecule has 2 rings (SSSR count). The Morgan fingerprint density at radius 2 is 2.10 bits per heavy atom. The van der Waals surface area contributed by atoms with Gasteiger partial charge in [0.25, 0.3) is 5.56 Å². The first-order valence-electron chi connectivity index (χ1n) is 6.73. The van der Waals surface area contributed by atoms with E-state index in [-0.39, 0.29) is 12.6 Å². The van der Waals surface area contributed by atoms with E-state index in [9.17, 15) is 14.4 Å². The number of benzene rings is 1. The lowest BCUT2D eigenvalue weighted by Gasteiger charge is -2.09. The van der Waals surface area contributed by atoms with Gasteiger partial charge in [0.05, 0.1) is 10.9 Å². The van der Waals surface area contributed by atoms with Gasteiger partial charge in [-0.2, -0.15) is 0 Å². The summed E-state index contributed by atoms with van der Waals surface area (Å²) in [6.07, 6.45) is 0.634. The van der Waals surface area contributed by atoms with Gasteiger partial charge >= 0.3 is 5.69 Å². The van der Waals surface area contributed by atoms with Crippen LogP contribution in [0.25, 0.3) is 10.9 Å². The number of nitrogens with two attached hydrogens (primary N) is 1. The molecule has 1 unspecified atom stereocenters. The van der Waals surface area contributed by atoms with Gasteiger partial charge in [-0.15, -0.1) is 0 Å². The van der Waals surface area contributed by atoms with Crippen molar-refractivity contribution in [2.75, 3.05) is 6.54 Å². The highest BCUT2D eigenvalue weighted by Crippen LogP contribution is 2.02. The van der Waals surface area contributed by atoms with Crippen LogP contribution in [0.15, 0.2) is 33.9 Å². The minimum atomic E-state index is -0.596. The SMILES string of the molecule is CC(N)CCNC(=O)Cn1c(=O)[nH]c2ccccc2c1=O. The number of nitrogens with zero attached hydrogens (tertiary/aromatic N) is 1. The molecule has 4 N–H and O–H groups in total. The Kier molecular flexibility index (Phi) is 4.54. The first-order valence-corrected chi connectivity index (χ1v) is 6.73. The molecule has 1 atom stereocenters. The summed E-state index contributed by atoms with van der Waals surface area (Å²) in [5, 5.41) is 3.01. The summed E-state index contributed by atoms with van der Waals surface area (Å²) in [5.41, 5.74) is 4.97. The topological polar surface area (TPSA) is 110 Å². The van der Waals surface area contributed by atoms with Crippen LogP contribution in [0.2, 0.25) is 0 Å². The van der Waals surface area contributed by atoms with Gasteiger partial charge in [-0.1, -0.05) is 12.1 Å². The number of hydrogen-bond acceptors (Lipinski definition) is 4. The number of hydrogen-bond donors (Lipinski definition) is 3. The van der Waals surface area contributed by atoms with Crippen LogP contribution in [-0.2, 0) is 11.3 Å². The molecule has 7 nitrogen and oxygen atoms in total. The Labute approximate surface area is 120 Å². The maximum absolute atomic E-state index is 12.2. The van der Waals surface area contributed by atoms with Gasteiger partial charge in [0, 0.05) is 12.6 Å². The fourth-order valence-corrected chi connectivity index (χ4v) is 1.98. The van der Waals surface area contributed by atoms with Crippen molar-refractivity contribution < 1.29 is 4.79 Å². The molecule has 0 aliphatic carbocycles. The molecule has 0 saturated carbocycles. The number of fused-ring (bicyclic) bond motifs is 1. The van der Waals surface area contributed by atoms with Crippen molar-refractivity contribution in [3.05, 3.63) is 45.1 Å². The Hall–Kier alpha value is -2.41. The van der Waals surface area contributed by atoms with Crippen LogP contribution in [0.1, 0.15) is 13.3 Å². The zero-order chi connectivity index (χ0) is 15.4. The normalized spacial score (nSPS) is 12.3. The van der Waals surface area contributed by atoms with Gasteiger partial charge in [0.2, 0.25) is 5.91 Å². The Bertz CT molecular complexity index is 761. The Morgan fingerprint density at radius 1 is 1.38 bits per heavy atom. The van der Waals surface area contributed by atoms with Crippen LogP contribution in [-0.4, -0.2) is 28.0 Å². The Morgan fingerprint density at radius 3 is 2.81 bits per heavy atom. The lowest BCUT2D eigenvalue weighted by molar-refractivity contribution is -0.121. The lowest BCUT2D eigenvalue weighted by Crippen LogP contribution is -2.41. The molecule has 0 bridgehead atoms. The lowest BCUT2D eigenvalue weighted by atomic mass is 10.2. The van der Waals surface area contributed by atoms with Gasteiger partial charge in [-0.3, -0.25) is 14.2 Å². The molecule has 0 aliphatic heterocycles. The van der Waals surface area contributed by atoms with Crippen molar-refractivity contribution in [3.63, 3.8) is 0 Å². The number of nitrogens with one attached hydrogen (secondary N) is 2. The summed E-state index contributed by atoms with van der Waals surface area (Å²) in [7, 11) is 0. The summed E-state index contributed by atoms with van der Waals surface area (Å²) in [6, 6.07) is 6.67. The molecule has 21 heavy (non-hydrogen) atoms. The van der Waals surface area contributed by atoms with Crippen molar-refractivity contribution in [3.8, 4) is 0 Å². The fourth-order valence-electron chi connectivity index (χ4n) is 1.98. The highest BCUT2D eigenvalue weighted by molar-refractivity contribution is 5.78. The minimum absolute atomic E-state index is 0.0166. The van der Waals surface area contributed by atoms with Crippen LogP contribution >= 0.6 is 0 Å². The number of aromatic amines is 1. The van der Waals surface area contributed by atoms with Crippen molar-refractivity contribution in [1.29, 1.82) is 0 Å². The zero-order valence-corrected chi connectivity index (χ0v) is 11.8. The quantitative estimate of drug-likeness (QED) is 0.692. The third-order valence-corrected chi connectivity index (χ3v) is 3.11. The smallest absolute Gasteiger partial charge is 0.329 e. The second-order valence-electron chi connectivity index (χ2n) is 4.98. The van der Waals surface area contributed by atoms with Crippen LogP contribution in [0.5, 0.6) is 0 Å². The van der Waals surface area contributed by atoms with E-state index in [0.717, 1.165) is 4.57 Å². The molecule has 0 saturated heterocycles.